The first kappa shape index (κ1) is 32.0. The minimum absolute atomic E-state index is 0.0351. The van der Waals surface area contributed by atoms with Gasteiger partial charge in [0.15, 0.2) is 0 Å². The third kappa shape index (κ3) is 4.68. The molecule has 3 unspecified atom stereocenters. The molecular formula is C52H46N2. The molecule has 2 fully saturated rings. The van der Waals surface area contributed by atoms with Gasteiger partial charge in [0.2, 0.25) is 0 Å². The molecule has 0 saturated heterocycles. The minimum atomic E-state index is -0.0876. The maximum atomic E-state index is 4.54. The minimum Gasteiger partial charge on any atom is -0.310 e. The van der Waals surface area contributed by atoms with Crippen LogP contribution in [0.4, 0.5) is 17.1 Å². The van der Waals surface area contributed by atoms with Gasteiger partial charge in [-0.15, -0.1) is 0 Å². The number of hydrogen-bond donors (Lipinski definition) is 0. The van der Waals surface area contributed by atoms with Gasteiger partial charge >= 0.3 is 0 Å². The summed E-state index contributed by atoms with van der Waals surface area (Å²) in [6.45, 7) is 9.61. The Morgan fingerprint density at radius 3 is 2.02 bits per heavy atom. The zero-order valence-electron chi connectivity index (χ0n) is 31.7. The van der Waals surface area contributed by atoms with Crippen molar-refractivity contribution in [1.82, 2.24) is 4.98 Å². The molecule has 0 N–H and O–H groups in total. The Kier molecular flexibility index (Phi) is 6.82. The van der Waals surface area contributed by atoms with Crippen molar-refractivity contribution in [1.29, 1.82) is 0 Å². The molecule has 0 radical (unpaired) electrons. The molecule has 3 atom stereocenters. The predicted molar refractivity (Wildman–Crippen MR) is 225 cm³/mol. The van der Waals surface area contributed by atoms with E-state index in [1.807, 2.05) is 12.3 Å². The third-order valence-electron chi connectivity index (χ3n) is 14.0. The predicted octanol–water partition coefficient (Wildman–Crippen LogP) is 13.9. The van der Waals surface area contributed by atoms with E-state index in [0.29, 0.717) is 0 Å². The van der Waals surface area contributed by atoms with Gasteiger partial charge in [-0.25, -0.2) is 0 Å². The lowest BCUT2D eigenvalue weighted by molar-refractivity contribution is 0.419. The zero-order valence-corrected chi connectivity index (χ0v) is 31.7. The molecule has 0 aliphatic heterocycles. The molecule has 2 saturated carbocycles. The molecular weight excluding hydrogens is 653 g/mol. The molecule has 0 amide bonds. The highest BCUT2D eigenvalue weighted by Crippen LogP contribution is 2.56. The first-order valence-corrected chi connectivity index (χ1v) is 20.0. The maximum absolute atomic E-state index is 4.54. The molecule has 2 heteroatoms. The van der Waals surface area contributed by atoms with Crippen LogP contribution in [0.2, 0.25) is 0 Å². The highest BCUT2D eigenvalue weighted by molar-refractivity contribution is 5.90. The van der Waals surface area contributed by atoms with Crippen LogP contribution < -0.4 is 4.90 Å². The number of rotatable bonds is 5. The van der Waals surface area contributed by atoms with Crippen LogP contribution in [0, 0.1) is 11.8 Å². The van der Waals surface area contributed by atoms with E-state index in [2.05, 4.69) is 165 Å². The lowest BCUT2D eigenvalue weighted by atomic mass is 9.78. The van der Waals surface area contributed by atoms with Gasteiger partial charge in [-0.3, -0.25) is 4.98 Å². The fraction of sp³-hybridized carbons (Fsp3) is 0.250. The van der Waals surface area contributed by atoms with E-state index in [0.717, 1.165) is 34.3 Å². The molecule has 2 bridgehead atoms. The average molecular weight is 699 g/mol. The number of pyridine rings is 1. The lowest BCUT2D eigenvalue weighted by Crippen LogP contribution is -2.18. The number of nitrogens with zero attached hydrogens (tertiary/aromatic N) is 2. The van der Waals surface area contributed by atoms with Crippen LogP contribution in [0.5, 0.6) is 0 Å². The Morgan fingerprint density at radius 1 is 0.519 bits per heavy atom. The van der Waals surface area contributed by atoms with Gasteiger partial charge in [0.05, 0.1) is 5.52 Å². The second kappa shape index (κ2) is 11.5. The fourth-order valence-electron chi connectivity index (χ4n) is 11.1. The molecule has 11 rings (SSSR count). The van der Waals surface area contributed by atoms with E-state index in [-0.39, 0.29) is 10.8 Å². The van der Waals surface area contributed by atoms with E-state index in [1.165, 1.54) is 92.7 Å². The van der Waals surface area contributed by atoms with Crippen molar-refractivity contribution >= 4 is 28.0 Å². The standard InChI is InChI=1S/C52H46N2/c1-51(2)46-10-6-5-9-41(46)45-30-39(20-23-47(45)51)54(38-17-13-33(14-18-38)34-16-24-50-37(28-34)8-7-25-53-50)40-19-22-43-42-21-15-36(44-27-32-11-12-35(44)26-32)29-48(42)52(3,4)49(43)31-40/h5-10,13-25,28-32,35,44H,11-12,26-27H2,1-4H3. The van der Waals surface area contributed by atoms with E-state index in [1.54, 1.807) is 5.56 Å². The van der Waals surface area contributed by atoms with Crippen molar-refractivity contribution in [2.75, 3.05) is 4.90 Å². The van der Waals surface area contributed by atoms with Crippen LogP contribution in [0.25, 0.3) is 44.3 Å². The fourth-order valence-corrected chi connectivity index (χ4v) is 11.1. The lowest BCUT2D eigenvalue weighted by Gasteiger charge is -2.29. The number of benzene rings is 6. The van der Waals surface area contributed by atoms with E-state index >= 15 is 0 Å². The van der Waals surface area contributed by atoms with Crippen LogP contribution in [0.3, 0.4) is 0 Å². The van der Waals surface area contributed by atoms with Gasteiger partial charge in [0.25, 0.3) is 0 Å². The Balaban J connectivity index is 1.03. The van der Waals surface area contributed by atoms with Gasteiger partial charge in [0.1, 0.15) is 0 Å². The van der Waals surface area contributed by atoms with Gasteiger partial charge in [-0.1, -0.05) is 113 Å². The number of anilines is 3. The first-order chi connectivity index (χ1) is 26.2. The summed E-state index contributed by atoms with van der Waals surface area (Å²) >= 11 is 0. The monoisotopic (exact) mass is 698 g/mol. The smallest absolute Gasteiger partial charge is 0.0702 e. The van der Waals surface area contributed by atoms with Gasteiger partial charge in [-0.05, 0) is 153 Å². The molecule has 4 aliphatic carbocycles. The summed E-state index contributed by atoms with van der Waals surface area (Å²) in [4.78, 5) is 7.01. The molecule has 7 aromatic rings. The van der Waals surface area contributed by atoms with Gasteiger partial charge in [0, 0.05) is 39.5 Å². The van der Waals surface area contributed by atoms with Crippen molar-refractivity contribution in [2.45, 2.75) is 70.1 Å². The van der Waals surface area contributed by atoms with Gasteiger partial charge < -0.3 is 4.90 Å². The Bertz CT molecular complexity index is 2640. The molecule has 0 spiro atoms. The molecule has 264 valence electrons. The van der Waals surface area contributed by atoms with Crippen LogP contribution in [0.15, 0.2) is 140 Å². The topological polar surface area (TPSA) is 16.1 Å². The highest BCUT2D eigenvalue weighted by Gasteiger charge is 2.42. The summed E-state index contributed by atoms with van der Waals surface area (Å²) in [5.74, 6) is 2.57. The Hall–Kier alpha value is -5.47. The molecule has 4 aliphatic rings. The maximum Gasteiger partial charge on any atom is 0.0702 e. The van der Waals surface area contributed by atoms with Crippen LogP contribution >= 0.6 is 0 Å². The number of fused-ring (bicyclic) bond motifs is 9. The van der Waals surface area contributed by atoms with Crippen molar-refractivity contribution in [2.24, 2.45) is 11.8 Å². The second-order valence-corrected chi connectivity index (χ2v) is 17.6. The Labute approximate surface area is 319 Å². The summed E-state index contributed by atoms with van der Waals surface area (Å²) < 4.78 is 0. The first-order valence-electron chi connectivity index (χ1n) is 20.0. The zero-order chi connectivity index (χ0) is 36.3. The van der Waals surface area contributed by atoms with Crippen molar-refractivity contribution < 1.29 is 0 Å². The van der Waals surface area contributed by atoms with Crippen LogP contribution in [-0.4, -0.2) is 4.98 Å². The van der Waals surface area contributed by atoms with Crippen molar-refractivity contribution in [3.05, 3.63) is 167 Å². The van der Waals surface area contributed by atoms with E-state index in [9.17, 15) is 0 Å². The van der Waals surface area contributed by atoms with Crippen LogP contribution in [-0.2, 0) is 10.8 Å². The molecule has 2 nitrogen and oxygen atoms in total. The summed E-state index contributed by atoms with van der Waals surface area (Å²) in [6, 6.07) is 50.7. The summed E-state index contributed by atoms with van der Waals surface area (Å²) in [5, 5.41) is 1.16. The van der Waals surface area contributed by atoms with Crippen molar-refractivity contribution in [3.63, 3.8) is 0 Å². The normalized spacial score (nSPS) is 20.8. The van der Waals surface area contributed by atoms with E-state index < -0.39 is 0 Å². The summed E-state index contributed by atoms with van der Waals surface area (Å²) in [6.07, 6.45) is 7.55. The summed E-state index contributed by atoms with van der Waals surface area (Å²) in [7, 11) is 0. The second-order valence-electron chi connectivity index (χ2n) is 17.6. The summed E-state index contributed by atoms with van der Waals surface area (Å²) in [5.41, 5.74) is 19.6. The van der Waals surface area contributed by atoms with E-state index in [4.69, 9.17) is 0 Å². The Morgan fingerprint density at radius 2 is 1.20 bits per heavy atom. The molecule has 1 aromatic heterocycles. The molecule has 6 aromatic carbocycles. The SMILES string of the molecule is CC1(C)c2ccccc2-c2cc(N(c3ccc(-c4ccc5ncccc5c4)cc3)c3ccc4c(c3)C(C)(C)c3cc(C5CC6CCC5C6)ccc3-4)ccc21. The largest absolute Gasteiger partial charge is 0.310 e. The molecule has 54 heavy (non-hydrogen) atoms. The average Bonchev–Trinajstić information content (AvgIpc) is 3.95. The third-order valence-corrected chi connectivity index (χ3v) is 14.0. The quantitative estimate of drug-likeness (QED) is 0.178. The van der Waals surface area contributed by atoms with Crippen LogP contribution in [0.1, 0.15) is 87.1 Å². The van der Waals surface area contributed by atoms with Crippen molar-refractivity contribution in [3.8, 4) is 33.4 Å². The number of hydrogen-bond acceptors (Lipinski definition) is 2. The number of aromatic nitrogens is 1. The molecule has 1 heterocycles. The van der Waals surface area contributed by atoms with Gasteiger partial charge in [-0.2, -0.15) is 0 Å². The highest BCUT2D eigenvalue weighted by atomic mass is 15.1.